The number of nitrogens with zero attached hydrogens (tertiary/aromatic N) is 4. The molecule has 1 amide bonds. The van der Waals surface area contributed by atoms with Gasteiger partial charge in [-0.05, 0) is 24.6 Å². The van der Waals surface area contributed by atoms with Crippen molar-refractivity contribution in [3.8, 4) is 0 Å². The number of halogens is 2. The van der Waals surface area contributed by atoms with Crippen LogP contribution >= 0.6 is 11.6 Å². The van der Waals surface area contributed by atoms with E-state index < -0.39 is 16.7 Å². The van der Waals surface area contributed by atoms with E-state index in [4.69, 9.17) is 11.6 Å². The van der Waals surface area contributed by atoms with Crippen molar-refractivity contribution in [2.24, 2.45) is 0 Å². The van der Waals surface area contributed by atoms with Crippen molar-refractivity contribution < 1.29 is 14.1 Å². The number of pyridine rings is 1. The number of aromatic nitrogens is 1. The predicted octanol–water partition coefficient (Wildman–Crippen LogP) is 3.79. The molecule has 1 aromatic carbocycles. The third-order valence-electron chi connectivity index (χ3n) is 4.95. The van der Waals surface area contributed by atoms with Gasteiger partial charge < -0.3 is 4.90 Å². The summed E-state index contributed by atoms with van der Waals surface area (Å²) in [5.74, 6) is -1.69. The molecule has 0 saturated carbocycles. The second kappa shape index (κ2) is 8.57. The van der Waals surface area contributed by atoms with Crippen LogP contribution in [-0.4, -0.2) is 39.2 Å². The first-order valence-electron chi connectivity index (χ1n) is 9.08. The molecular weight excluding hydrogens is 399 g/mol. The maximum absolute atomic E-state index is 14.4. The van der Waals surface area contributed by atoms with Gasteiger partial charge in [0.15, 0.2) is 5.82 Å². The van der Waals surface area contributed by atoms with Crippen molar-refractivity contribution in [2.45, 2.75) is 25.8 Å². The molecule has 9 heteroatoms. The molecule has 2 heterocycles. The zero-order chi connectivity index (χ0) is 21.1. The molecule has 0 spiro atoms. The maximum atomic E-state index is 14.4. The van der Waals surface area contributed by atoms with Crippen LogP contribution < -0.4 is 0 Å². The molecule has 0 radical (unpaired) electrons. The molecule has 0 aliphatic carbocycles. The van der Waals surface area contributed by atoms with Gasteiger partial charge in [0.1, 0.15) is 11.0 Å². The summed E-state index contributed by atoms with van der Waals surface area (Å²) in [7, 11) is 1.50. The average Bonchev–Trinajstić information content (AvgIpc) is 2.69. The highest BCUT2D eigenvalue weighted by Gasteiger charge is 2.43. The molecule has 1 unspecified atom stereocenters. The molecule has 3 rings (SSSR count). The fourth-order valence-corrected chi connectivity index (χ4v) is 3.62. The van der Waals surface area contributed by atoms with Gasteiger partial charge in [-0.3, -0.25) is 19.8 Å². The van der Waals surface area contributed by atoms with Gasteiger partial charge in [0.25, 0.3) is 5.70 Å². The number of rotatable bonds is 6. The highest BCUT2D eigenvalue weighted by atomic mass is 35.5. The minimum atomic E-state index is -0.970. The summed E-state index contributed by atoms with van der Waals surface area (Å²) in [4.78, 5) is 31.2. The second-order valence-electron chi connectivity index (χ2n) is 6.70. The summed E-state index contributed by atoms with van der Waals surface area (Å²) in [6, 6.07) is 9.24. The van der Waals surface area contributed by atoms with Crippen LogP contribution in [0.3, 0.4) is 0 Å². The molecule has 29 heavy (non-hydrogen) atoms. The Balaban J connectivity index is 2.12. The zero-order valence-electron chi connectivity index (χ0n) is 16.0. The van der Waals surface area contributed by atoms with Gasteiger partial charge in [0.05, 0.1) is 10.8 Å². The molecule has 2 aromatic rings. The largest absolute Gasteiger partial charge is 0.348 e. The molecule has 0 fully saturated rings. The average molecular weight is 419 g/mol. The van der Waals surface area contributed by atoms with Crippen molar-refractivity contribution in [1.82, 2.24) is 14.8 Å². The lowest BCUT2D eigenvalue weighted by molar-refractivity contribution is -0.434. The van der Waals surface area contributed by atoms with Gasteiger partial charge in [-0.1, -0.05) is 35.9 Å². The number of hydrogen-bond acceptors (Lipinski definition) is 5. The molecule has 1 aromatic heterocycles. The monoisotopic (exact) mass is 418 g/mol. The van der Waals surface area contributed by atoms with Gasteiger partial charge in [-0.2, -0.15) is 0 Å². The number of amides is 1. The highest BCUT2D eigenvalue weighted by Crippen LogP contribution is 2.38. The summed E-state index contributed by atoms with van der Waals surface area (Å²) in [6.45, 7) is 2.52. The van der Waals surface area contributed by atoms with E-state index in [2.05, 4.69) is 4.98 Å². The fraction of sp³-hybridized carbons (Fsp3) is 0.300. The first kappa shape index (κ1) is 20.7. The second-order valence-corrected chi connectivity index (χ2v) is 7.09. The molecule has 0 bridgehead atoms. The van der Waals surface area contributed by atoms with E-state index in [1.165, 1.54) is 30.1 Å². The Morgan fingerprint density at radius 3 is 2.66 bits per heavy atom. The van der Waals surface area contributed by atoms with Gasteiger partial charge in [0, 0.05) is 38.3 Å². The van der Waals surface area contributed by atoms with Crippen LogP contribution in [0.5, 0.6) is 0 Å². The minimum absolute atomic E-state index is 0.141. The van der Waals surface area contributed by atoms with Crippen molar-refractivity contribution in [2.75, 3.05) is 13.6 Å². The Morgan fingerprint density at radius 2 is 2.07 bits per heavy atom. The van der Waals surface area contributed by atoms with Crippen LogP contribution in [0, 0.1) is 15.9 Å². The van der Waals surface area contributed by atoms with Crippen molar-refractivity contribution in [3.63, 3.8) is 0 Å². The van der Waals surface area contributed by atoms with E-state index in [0.717, 1.165) is 5.56 Å². The van der Waals surface area contributed by atoms with Crippen LogP contribution in [-0.2, 0) is 11.3 Å². The zero-order valence-corrected chi connectivity index (χ0v) is 16.8. The van der Waals surface area contributed by atoms with Gasteiger partial charge in [-0.25, -0.2) is 9.37 Å². The lowest BCUT2D eigenvalue weighted by Crippen LogP contribution is -2.43. The van der Waals surface area contributed by atoms with E-state index in [1.807, 2.05) is 6.92 Å². The standard InChI is InChI=1S/C20H20ClFN4O3/c1-3-25(12-13-8-9-17(21)23-11-13)20-19(26(28)29)15(10-18(27)24(20)2)14-6-4-5-7-16(14)22/h4-9,11,15H,3,10,12H2,1-2H3. The molecule has 1 atom stereocenters. The van der Waals surface area contributed by atoms with Crippen LogP contribution in [0.15, 0.2) is 54.1 Å². The molecular formula is C20H20ClFN4O3. The predicted molar refractivity (Wildman–Crippen MR) is 106 cm³/mol. The third-order valence-corrected chi connectivity index (χ3v) is 5.17. The number of nitro groups is 1. The Morgan fingerprint density at radius 1 is 1.34 bits per heavy atom. The Kier molecular flexibility index (Phi) is 6.12. The molecule has 0 saturated heterocycles. The third kappa shape index (κ3) is 4.22. The smallest absolute Gasteiger partial charge is 0.294 e. The van der Waals surface area contributed by atoms with Gasteiger partial charge >= 0.3 is 0 Å². The minimum Gasteiger partial charge on any atom is -0.348 e. The molecule has 152 valence electrons. The maximum Gasteiger partial charge on any atom is 0.294 e. The molecule has 0 N–H and O–H groups in total. The molecule has 1 aliphatic heterocycles. The Bertz CT molecular complexity index is 964. The Hall–Kier alpha value is -3.00. The quantitative estimate of drug-likeness (QED) is 0.405. The normalized spacial score (nSPS) is 16.9. The van der Waals surface area contributed by atoms with Crippen LogP contribution in [0.25, 0.3) is 0 Å². The molecule has 7 nitrogen and oxygen atoms in total. The van der Waals surface area contributed by atoms with E-state index in [0.29, 0.717) is 11.7 Å². The van der Waals surface area contributed by atoms with Gasteiger partial charge in [-0.15, -0.1) is 0 Å². The topological polar surface area (TPSA) is 79.6 Å². The van der Waals surface area contributed by atoms with Crippen LogP contribution in [0.2, 0.25) is 5.15 Å². The van der Waals surface area contributed by atoms with Crippen molar-refractivity contribution in [3.05, 3.63) is 86.3 Å². The van der Waals surface area contributed by atoms with E-state index in [1.54, 1.807) is 29.3 Å². The van der Waals surface area contributed by atoms with E-state index in [-0.39, 0.29) is 36.0 Å². The lowest BCUT2D eigenvalue weighted by Gasteiger charge is -2.36. The van der Waals surface area contributed by atoms with Crippen molar-refractivity contribution >= 4 is 17.5 Å². The fourth-order valence-electron chi connectivity index (χ4n) is 3.51. The van der Waals surface area contributed by atoms with Crippen LogP contribution in [0.1, 0.15) is 30.4 Å². The summed E-state index contributed by atoms with van der Waals surface area (Å²) in [5, 5.41) is 12.4. The molecule has 1 aliphatic rings. The summed E-state index contributed by atoms with van der Waals surface area (Å²) >= 11 is 5.83. The highest BCUT2D eigenvalue weighted by molar-refractivity contribution is 6.29. The summed E-state index contributed by atoms with van der Waals surface area (Å²) in [5.41, 5.74) is 0.726. The first-order valence-corrected chi connectivity index (χ1v) is 9.46. The summed E-state index contributed by atoms with van der Waals surface area (Å²) in [6.07, 6.45) is 1.41. The number of carbonyl (C=O) groups excluding carboxylic acids is 1. The number of hydrogen-bond donors (Lipinski definition) is 0. The SMILES string of the molecule is CCN(Cc1ccc(Cl)nc1)C1=C([N+](=O)[O-])C(c2ccccc2F)CC(=O)N1C. The number of carbonyl (C=O) groups is 1. The Labute approximate surface area is 172 Å². The van der Waals surface area contributed by atoms with E-state index >= 15 is 0 Å². The number of allylic oxidation sites excluding steroid dienone is 1. The number of benzene rings is 1. The van der Waals surface area contributed by atoms with E-state index in [9.17, 15) is 19.3 Å². The summed E-state index contributed by atoms with van der Waals surface area (Å²) < 4.78 is 14.4. The van der Waals surface area contributed by atoms with Gasteiger partial charge in [0.2, 0.25) is 5.91 Å². The van der Waals surface area contributed by atoms with Crippen molar-refractivity contribution in [1.29, 1.82) is 0 Å². The first-order chi connectivity index (χ1) is 13.8. The van der Waals surface area contributed by atoms with Crippen LogP contribution in [0.4, 0.5) is 4.39 Å². The lowest BCUT2D eigenvalue weighted by atomic mass is 9.88.